The number of hydrogen-bond acceptors (Lipinski definition) is 4. The molecule has 0 bridgehead atoms. The van der Waals surface area contributed by atoms with Gasteiger partial charge < -0.3 is 9.15 Å². The molecule has 28 heavy (non-hydrogen) atoms. The van der Waals surface area contributed by atoms with Crippen LogP contribution in [0.4, 0.5) is 0 Å². The molecule has 1 atom stereocenters. The molecule has 144 valence electrons. The lowest BCUT2D eigenvalue weighted by Gasteiger charge is -2.39. The number of rotatable bonds is 1. The molecular weight excluding hydrogens is 350 g/mol. The summed E-state index contributed by atoms with van der Waals surface area (Å²) in [6.07, 6.45) is 3.54. The van der Waals surface area contributed by atoms with Gasteiger partial charge >= 0.3 is 5.63 Å². The maximum absolute atomic E-state index is 12.1. The molecule has 1 aromatic heterocycles. The number of fused-ring (bicyclic) bond motifs is 3. The second kappa shape index (κ2) is 6.49. The van der Waals surface area contributed by atoms with E-state index < -0.39 is 0 Å². The fourth-order valence-corrected chi connectivity index (χ4v) is 4.82. The number of ether oxygens (including phenoxy) is 1. The summed E-state index contributed by atoms with van der Waals surface area (Å²) in [6, 6.07) is 11.4. The minimum Gasteiger partial charge on any atom is -0.477 e. The van der Waals surface area contributed by atoms with Crippen LogP contribution in [0.2, 0.25) is 0 Å². The molecule has 4 heteroatoms. The molecule has 0 amide bonds. The highest BCUT2D eigenvalue weighted by atomic mass is 16.5. The highest BCUT2D eigenvalue weighted by molar-refractivity contribution is 5.87. The zero-order chi connectivity index (χ0) is 19.4. The highest BCUT2D eigenvalue weighted by Gasteiger charge is 2.30. The van der Waals surface area contributed by atoms with Crippen LogP contribution >= 0.6 is 0 Å². The van der Waals surface area contributed by atoms with Crippen molar-refractivity contribution in [1.29, 1.82) is 0 Å². The van der Waals surface area contributed by atoms with Crippen LogP contribution in [0.5, 0.6) is 5.75 Å². The predicted molar refractivity (Wildman–Crippen MR) is 110 cm³/mol. The summed E-state index contributed by atoms with van der Waals surface area (Å²) in [5.41, 5.74) is 7.09. The lowest BCUT2D eigenvalue weighted by molar-refractivity contribution is 0.0475. The van der Waals surface area contributed by atoms with Gasteiger partial charge in [0.25, 0.3) is 0 Å². The van der Waals surface area contributed by atoms with Crippen LogP contribution in [0, 0.1) is 20.8 Å². The molecule has 4 nitrogen and oxygen atoms in total. The van der Waals surface area contributed by atoms with E-state index in [4.69, 9.17) is 9.15 Å². The van der Waals surface area contributed by atoms with Crippen molar-refractivity contribution in [2.24, 2.45) is 0 Å². The van der Waals surface area contributed by atoms with E-state index in [1.807, 2.05) is 20.8 Å². The zero-order valence-corrected chi connectivity index (χ0v) is 16.7. The standard InChI is InChI=1S/C24H25NO3/c1-14-15(2)24(26)28-23-16(3)22-18(11-20(14)23)12-25(13-27-22)21-10-6-8-17-7-4-5-9-19(17)21/h4-5,7,9,11,21H,6,8,10,12-13H2,1-3H3/t21-/m1/s1. The van der Waals surface area contributed by atoms with Crippen molar-refractivity contribution in [2.45, 2.75) is 52.6 Å². The molecule has 2 aromatic carbocycles. The van der Waals surface area contributed by atoms with E-state index >= 15 is 0 Å². The van der Waals surface area contributed by atoms with Crippen molar-refractivity contribution >= 4 is 11.0 Å². The van der Waals surface area contributed by atoms with E-state index in [1.165, 1.54) is 29.5 Å². The van der Waals surface area contributed by atoms with Crippen LogP contribution in [-0.4, -0.2) is 11.6 Å². The van der Waals surface area contributed by atoms with Gasteiger partial charge in [-0.3, -0.25) is 4.90 Å². The summed E-state index contributed by atoms with van der Waals surface area (Å²) in [7, 11) is 0. The molecular formula is C24H25NO3. The summed E-state index contributed by atoms with van der Waals surface area (Å²) in [5, 5.41) is 1.02. The quantitative estimate of drug-likeness (QED) is 0.565. The summed E-state index contributed by atoms with van der Waals surface area (Å²) < 4.78 is 11.8. The van der Waals surface area contributed by atoms with Crippen LogP contribution in [0.15, 0.2) is 39.5 Å². The first kappa shape index (κ1) is 17.5. The predicted octanol–water partition coefficient (Wildman–Crippen LogP) is 4.95. The van der Waals surface area contributed by atoms with Gasteiger partial charge in [-0.2, -0.15) is 0 Å². The fourth-order valence-electron chi connectivity index (χ4n) is 4.82. The van der Waals surface area contributed by atoms with Gasteiger partial charge in [-0.25, -0.2) is 4.79 Å². The Morgan fingerprint density at radius 1 is 1.04 bits per heavy atom. The van der Waals surface area contributed by atoms with Crippen molar-refractivity contribution < 1.29 is 9.15 Å². The first-order valence-corrected chi connectivity index (χ1v) is 10.1. The van der Waals surface area contributed by atoms with E-state index in [9.17, 15) is 4.79 Å². The van der Waals surface area contributed by atoms with Gasteiger partial charge in [0.05, 0.1) is 0 Å². The molecule has 2 aliphatic rings. The second-order valence-electron chi connectivity index (χ2n) is 8.13. The summed E-state index contributed by atoms with van der Waals surface area (Å²) >= 11 is 0. The molecule has 5 rings (SSSR count). The topological polar surface area (TPSA) is 42.7 Å². The highest BCUT2D eigenvalue weighted by Crippen LogP contribution is 2.41. The van der Waals surface area contributed by atoms with Gasteiger partial charge in [0.2, 0.25) is 0 Å². The average Bonchev–Trinajstić information content (AvgIpc) is 2.72. The summed E-state index contributed by atoms with van der Waals surface area (Å²) in [4.78, 5) is 14.6. The number of nitrogens with zero attached hydrogens (tertiary/aromatic N) is 1. The van der Waals surface area contributed by atoms with E-state index in [-0.39, 0.29) is 5.63 Å². The van der Waals surface area contributed by atoms with Gasteiger partial charge in [-0.15, -0.1) is 0 Å². The molecule has 0 unspecified atom stereocenters. The van der Waals surface area contributed by atoms with Gasteiger partial charge in [0.1, 0.15) is 18.1 Å². The first-order chi connectivity index (χ1) is 13.5. The Labute approximate surface area is 164 Å². The molecule has 0 N–H and O–H groups in total. The molecule has 0 fully saturated rings. The van der Waals surface area contributed by atoms with E-state index in [2.05, 4.69) is 35.2 Å². The third kappa shape index (κ3) is 2.59. The van der Waals surface area contributed by atoms with Crippen LogP contribution < -0.4 is 10.4 Å². The molecule has 3 aromatic rings. The SMILES string of the molecule is Cc1c(C)c2cc3c(c(C)c2oc1=O)OCN([C@@H]1CCCc2ccccc21)C3. The minimum atomic E-state index is -0.260. The van der Waals surface area contributed by atoms with Crippen molar-refractivity contribution in [1.82, 2.24) is 4.90 Å². The normalized spacial score (nSPS) is 19.2. The van der Waals surface area contributed by atoms with Crippen LogP contribution in [0.25, 0.3) is 11.0 Å². The van der Waals surface area contributed by atoms with Gasteiger partial charge in [0, 0.05) is 34.7 Å². The maximum atomic E-state index is 12.1. The van der Waals surface area contributed by atoms with Gasteiger partial charge in [0.15, 0.2) is 0 Å². The maximum Gasteiger partial charge on any atom is 0.339 e. The second-order valence-corrected chi connectivity index (χ2v) is 8.13. The van der Waals surface area contributed by atoms with E-state index in [0.717, 1.165) is 35.2 Å². The molecule has 2 heterocycles. The molecule has 1 aliphatic carbocycles. The smallest absolute Gasteiger partial charge is 0.339 e. The Kier molecular flexibility index (Phi) is 4.06. The molecule has 0 saturated carbocycles. The number of benzene rings is 2. The zero-order valence-electron chi connectivity index (χ0n) is 16.7. The van der Waals surface area contributed by atoms with E-state index in [0.29, 0.717) is 23.9 Å². The van der Waals surface area contributed by atoms with Crippen molar-refractivity contribution in [3.63, 3.8) is 0 Å². The molecule has 0 spiro atoms. The molecule has 0 saturated heterocycles. The third-order valence-corrected chi connectivity index (χ3v) is 6.53. The Morgan fingerprint density at radius 3 is 2.71 bits per heavy atom. The number of hydrogen-bond donors (Lipinski definition) is 0. The number of aryl methyl sites for hydroxylation is 3. The molecule has 1 aliphatic heterocycles. The minimum absolute atomic E-state index is 0.260. The Hall–Kier alpha value is -2.59. The lowest BCUT2D eigenvalue weighted by atomic mass is 9.86. The summed E-state index contributed by atoms with van der Waals surface area (Å²) in [6.45, 7) is 7.23. The Bertz CT molecular complexity index is 1140. The fraction of sp³-hybridized carbons (Fsp3) is 0.375. The van der Waals surface area contributed by atoms with Crippen molar-refractivity contribution in [3.05, 3.63) is 74.1 Å². The monoisotopic (exact) mass is 375 g/mol. The third-order valence-electron chi connectivity index (χ3n) is 6.53. The van der Waals surface area contributed by atoms with Crippen LogP contribution in [0.3, 0.4) is 0 Å². The van der Waals surface area contributed by atoms with Gasteiger partial charge in [-0.05, 0) is 62.8 Å². The molecule has 0 radical (unpaired) electrons. The van der Waals surface area contributed by atoms with Crippen molar-refractivity contribution in [3.8, 4) is 5.75 Å². The summed E-state index contributed by atoms with van der Waals surface area (Å²) in [5.74, 6) is 0.874. The lowest BCUT2D eigenvalue weighted by Crippen LogP contribution is -2.37. The van der Waals surface area contributed by atoms with Crippen LogP contribution in [0.1, 0.15) is 52.3 Å². The van der Waals surface area contributed by atoms with Crippen molar-refractivity contribution in [2.75, 3.05) is 6.73 Å². The van der Waals surface area contributed by atoms with Crippen LogP contribution in [-0.2, 0) is 13.0 Å². The average molecular weight is 375 g/mol. The van der Waals surface area contributed by atoms with Gasteiger partial charge in [-0.1, -0.05) is 24.3 Å². The first-order valence-electron chi connectivity index (χ1n) is 10.1. The Balaban J connectivity index is 1.58. The Morgan fingerprint density at radius 2 is 1.86 bits per heavy atom. The van der Waals surface area contributed by atoms with E-state index in [1.54, 1.807) is 0 Å². The largest absolute Gasteiger partial charge is 0.477 e.